The van der Waals surface area contributed by atoms with E-state index < -0.39 is 0 Å². The summed E-state index contributed by atoms with van der Waals surface area (Å²) in [6.45, 7) is 3.01. The molecule has 5 nitrogen and oxygen atoms in total. The van der Waals surface area contributed by atoms with Crippen molar-refractivity contribution in [3.8, 4) is 5.75 Å². The van der Waals surface area contributed by atoms with Gasteiger partial charge in [0.05, 0.1) is 30.9 Å². The van der Waals surface area contributed by atoms with E-state index in [-0.39, 0.29) is 18.1 Å². The van der Waals surface area contributed by atoms with E-state index in [1.807, 2.05) is 4.90 Å². The minimum absolute atomic E-state index is 0.0696. The molecule has 2 fully saturated rings. The average Bonchev–Trinajstić information content (AvgIpc) is 2.54. The first-order chi connectivity index (χ1) is 10.6. The Morgan fingerprint density at radius 3 is 3.00 bits per heavy atom. The molecule has 2 aliphatic heterocycles. The number of ether oxygens (including phenoxy) is 2. The third kappa shape index (κ3) is 2.81. The third-order valence-corrected chi connectivity index (χ3v) is 4.87. The highest BCUT2D eigenvalue weighted by Gasteiger charge is 2.37. The zero-order valence-corrected chi connectivity index (χ0v) is 13.7. The van der Waals surface area contributed by atoms with Gasteiger partial charge < -0.3 is 14.4 Å². The van der Waals surface area contributed by atoms with Crippen LogP contribution in [-0.4, -0.2) is 68.3 Å². The maximum Gasteiger partial charge on any atom is 0.259 e. The molecule has 0 saturated carbocycles. The number of hydrogen-bond donors (Lipinski definition) is 0. The van der Waals surface area contributed by atoms with Gasteiger partial charge in [-0.25, -0.2) is 0 Å². The fourth-order valence-electron chi connectivity index (χ4n) is 3.27. The largest absolute Gasteiger partial charge is 0.496 e. The summed E-state index contributed by atoms with van der Waals surface area (Å²) in [6, 6.07) is 5.52. The number of piperidine rings is 1. The minimum Gasteiger partial charge on any atom is -0.496 e. The van der Waals surface area contributed by atoms with Crippen LogP contribution < -0.4 is 4.74 Å². The van der Waals surface area contributed by atoms with E-state index >= 15 is 0 Å². The Kier molecular flexibility index (Phi) is 4.57. The molecule has 1 aromatic carbocycles. The van der Waals surface area contributed by atoms with Gasteiger partial charge in [0.1, 0.15) is 11.3 Å². The lowest BCUT2D eigenvalue weighted by atomic mass is 9.98. The summed E-state index contributed by atoms with van der Waals surface area (Å²) < 4.78 is 11.1. The molecule has 22 heavy (non-hydrogen) atoms. The molecule has 2 aliphatic rings. The Bertz CT molecular complexity index is 566. The number of methoxy groups -OCH3 is 1. The van der Waals surface area contributed by atoms with E-state index in [0.717, 1.165) is 19.6 Å². The Morgan fingerprint density at radius 2 is 2.23 bits per heavy atom. The maximum absolute atomic E-state index is 12.9. The Balaban J connectivity index is 1.81. The number of likely N-dealkylation sites (tertiary alicyclic amines) is 1. The van der Waals surface area contributed by atoms with E-state index in [1.54, 1.807) is 25.3 Å². The number of amides is 1. The summed E-state index contributed by atoms with van der Waals surface area (Å²) in [5.41, 5.74) is 0.449. The SMILES string of the molecule is COc1cccc(Cl)c1C(=O)N1CCC2OCCN(C)C2C1. The second kappa shape index (κ2) is 6.44. The molecule has 0 bridgehead atoms. The third-order valence-electron chi connectivity index (χ3n) is 4.56. The van der Waals surface area contributed by atoms with Crippen LogP contribution in [0.15, 0.2) is 18.2 Å². The number of benzene rings is 1. The molecular weight excluding hydrogens is 304 g/mol. The topological polar surface area (TPSA) is 42.0 Å². The van der Waals surface area contributed by atoms with Gasteiger partial charge in [-0.2, -0.15) is 0 Å². The number of carbonyl (C=O) groups excluding carboxylic acids is 1. The first-order valence-electron chi connectivity index (χ1n) is 7.55. The van der Waals surface area contributed by atoms with Gasteiger partial charge in [0.2, 0.25) is 0 Å². The Labute approximate surface area is 135 Å². The van der Waals surface area contributed by atoms with Crippen LogP contribution in [0.4, 0.5) is 0 Å². The number of rotatable bonds is 2. The average molecular weight is 325 g/mol. The van der Waals surface area contributed by atoms with Gasteiger partial charge in [-0.05, 0) is 25.6 Å². The lowest BCUT2D eigenvalue weighted by Crippen LogP contribution is -2.59. The zero-order chi connectivity index (χ0) is 15.7. The summed E-state index contributed by atoms with van der Waals surface area (Å²) in [7, 11) is 3.64. The van der Waals surface area contributed by atoms with Crippen molar-refractivity contribution in [3.05, 3.63) is 28.8 Å². The molecule has 1 aromatic rings. The van der Waals surface area contributed by atoms with Crippen molar-refractivity contribution in [1.82, 2.24) is 9.80 Å². The number of morpholine rings is 1. The summed E-state index contributed by atoms with van der Waals surface area (Å²) in [5.74, 6) is 0.452. The van der Waals surface area contributed by atoms with E-state index in [4.69, 9.17) is 21.1 Å². The molecule has 0 spiro atoms. The molecule has 2 unspecified atom stereocenters. The van der Waals surface area contributed by atoms with Crippen LogP contribution in [0.1, 0.15) is 16.8 Å². The van der Waals surface area contributed by atoms with Gasteiger partial charge in [-0.1, -0.05) is 17.7 Å². The van der Waals surface area contributed by atoms with Gasteiger partial charge in [-0.3, -0.25) is 9.69 Å². The normalized spacial score (nSPS) is 25.7. The van der Waals surface area contributed by atoms with Crippen LogP contribution in [-0.2, 0) is 4.74 Å². The number of halogens is 1. The van der Waals surface area contributed by atoms with E-state index in [1.165, 1.54) is 0 Å². The van der Waals surface area contributed by atoms with Crippen LogP contribution in [0, 0.1) is 0 Å². The summed E-state index contributed by atoms with van der Waals surface area (Å²) in [4.78, 5) is 17.0. The molecule has 2 heterocycles. The van der Waals surface area contributed by atoms with Crippen molar-refractivity contribution < 1.29 is 14.3 Å². The van der Waals surface area contributed by atoms with Crippen molar-refractivity contribution in [3.63, 3.8) is 0 Å². The smallest absolute Gasteiger partial charge is 0.259 e. The zero-order valence-electron chi connectivity index (χ0n) is 12.9. The lowest BCUT2D eigenvalue weighted by molar-refractivity contribution is -0.0893. The van der Waals surface area contributed by atoms with Crippen LogP contribution in [0.25, 0.3) is 0 Å². The van der Waals surface area contributed by atoms with Crippen LogP contribution in [0.2, 0.25) is 5.02 Å². The van der Waals surface area contributed by atoms with E-state index in [0.29, 0.717) is 29.4 Å². The number of carbonyl (C=O) groups is 1. The molecule has 0 aliphatic carbocycles. The molecule has 1 amide bonds. The number of likely N-dealkylation sites (N-methyl/N-ethyl adjacent to an activating group) is 1. The second-order valence-electron chi connectivity index (χ2n) is 5.81. The molecule has 3 rings (SSSR count). The fraction of sp³-hybridized carbons (Fsp3) is 0.562. The van der Waals surface area contributed by atoms with Crippen molar-refractivity contribution in [2.45, 2.75) is 18.6 Å². The summed E-state index contributed by atoms with van der Waals surface area (Å²) in [6.07, 6.45) is 1.07. The van der Waals surface area contributed by atoms with Crippen LogP contribution >= 0.6 is 11.6 Å². The van der Waals surface area contributed by atoms with Crippen LogP contribution in [0.5, 0.6) is 5.75 Å². The lowest BCUT2D eigenvalue weighted by Gasteiger charge is -2.45. The highest BCUT2D eigenvalue weighted by Crippen LogP contribution is 2.30. The highest BCUT2D eigenvalue weighted by atomic mass is 35.5. The monoisotopic (exact) mass is 324 g/mol. The number of hydrogen-bond acceptors (Lipinski definition) is 4. The molecule has 0 aromatic heterocycles. The van der Waals surface area contributed by atoms with Gasteiger partial charge in [0, 0.05) is 19.6 Å². The fourth-order valence-corrected chi connectivity index (χ4v) is 3.51. The standard InChI is InChI=1S/C16H21ClN2O3/c1-18-8-9-22-13-6-7-19(10-12(13)18)16(20)15-11(17)4-3-5-14(15)21-2/h3-5,12-13H,6-10H2,1-2H3. The minimum atomic E-state index is -0.0696. The van der Waals surface area contributed by atoms with Gasteiger partial charge >= 0.3 is 0 Å². The predicted octanol–water partition coefficient (Wildman–Crippen LogP) is 1.89. The predicted molar refractivity (Wildman–Crippen MR) is 84.7 cm³/mol. The van der Waals surface area contributed by atoms with E-state index in [9.17, 15) is 4.79 Å². The quantitative estimate of drug-likeness (QED) is 0.833. The molecular formula is C16H21ClN2O3. The maximum atomic E-state index is 12.9. The first-order valence-corrected chi connectivity index (χ1v) is 7.93. The first kappa shape index (κ1) is 15.6. The molecule has 2 atom stereocenters. The number of fused-ring (bicyclic) bond motifs is 1. The van der Waals surface area contributed by atoms with Gasteiger partial charge in [0.15, 0.2) is 0 Å². The van der Waals surface area contributed by atoms with Crippen molar-refractivity contribution in [1.29, 1.82) is 0 Å². The Hall–Kier alpha value is -1.30. The van der Waals surface area contributed by atoms with Crippen molar-refractivity contribution in [2.75, 3.05) is 40.4 Å². The molecule has 2 saturated heterocycles. The second-order valence-corrected chi connectivity index (χ2v) is 6.22. The molecule has 0 radical (unpaired) electrons. The molecule has 120 valence electrons. The van der Waals surface area contributed by atoms with Crippen molar-refractivity contribution in [2.24, 2.45) is 0 Å². The summed E-state index contributed by atoms with van der Waals surface area (Å²) >= 11 is 6.23. The summed E-state index contributed by atoms with van der Waals surface area (Å²) in [5, 5.41) is 0.430. The van der Waals surface area contributed by atoms with Crippen LogP contribution in [0.3, 0.4) is 0 Å². The van der Waals surface area contributed by atoms with Gasteiger partial charge in [-0.15, -0.1) is 0 Å². The van der Waals surface area contributed by atoms with Crippen molar-refractivity contribution >= 4 is 17.5 Å². The molecule has 6 heteroatoms. The van der Waals surface area contributed by atoms with E-state index in [2.05, 4.69) is 11.9 Å². The highest BCUT2D eigenvalue weighted by molar-refractivity contribution is 6.34. The van der Waals surface area contributed by atoms with Gasteiger partial charge in [0.25, 0.3) is 5.91 Å². The number of nitrogens with zero attached hydrogens (tertiary/aromatic N) is 2. The Morgan fingerprint density at radius 1 is 1.41 bits per heavy atom. The molecule has 0 N–H and O–H groups in total.